The number of benzene rings is 1. The number of fused-ring (bicyclic) bond motifs is 1. The summed E-state index contributed by atoms with van der Waals surface area (Å²) < 4.78 is 13.1. The van der Waals surface area contributed by atoms with E-state index in [1.54, 1.807) is 16.4 Å². The molecule has 1 unspecified atom stereocenters. The first-order chi connectivity index (χ1) is 14.9. The fraction of sp³-hybridized carbons (Fsp3) is 0.522. The van der Waals surface area contributed by atoms with Gasteiger partial charge in [-0.2, -0.15) is 4.98 Å². The van der Waals surface area contributed by atoms with Crippen LogP contribution in [0.25, 0.3) is 0 Å². The average Bonchev–Trinajstić information content (AvgIpc) is 3.13. The number of rotatable bonds is 10. The van der Waals surface area contributed by atoms with E-state index in [1.807, 2.05) is 38.1 Å². The van der Waals surface area contributed by atoms with Crippen LogP contribution in [0, 0.1) is 5.92 Å². The van der Waals surface area contributed by atoms with Crippen molar-refractivity contribution >= 4 is 23.7 Å². The van der Waals surface area contributed by atoms with Gasteiger partial charge in [0.15, 0.2) is 0 Å². The van der Waals surface area contributed by atoms with Crippen LogP contribution < -0.4 is 10.1 Å². The molecule has 7 nitrogen and oxygen atoms in total. The summed E-state index contributed by atoms with van der Waals surface area (Å²) >= 11 is 1.57. The summed E-state index contributed by atoms with van der Waals surface area (Å²) in [4.78, 5) is 17.5. The predicted octanol–water partition coefficient (Wildman–Crippen LogP) is 5.06. The van der Waals surface area contributed by atoms with E-state index in [-0.39, 0.29) is 5.97 Å². The third kappa shape index (κ3) is 5.61. The van der Waals surface area contributed by atoms with E-state index >= 15 is 0 Å². The summed E-state index contributed by atoms with van der Waals surface area (Å²) in [6.07, 6.45) is 1.77. The SMILES string of the molecule is CCCOC(=O)C1=C(C)Nc2nc(SCC)nn2C1c1ccc(OCCC(C)C)cc1. The van der Waals surface area contributed by atoms with E-state index in [4.69, 9.17) is 9.47 Å². The molecule has 0 saturated heterocycles. The van der Waals surface area contributed by atoms with Crippen molar-refractivity contribution in [3.8, 4) is 5.75 Å². The van der Waals surface area contributed by atoms with Gasteiger partial charge in [-0.25, -0.2) is 9.48 Å². The highest BCUT2D eigenvalue weighted by atomic mass is 32.2. The van der Waals surface area contributed by atoms with Gasteiger partial charge in [-0.1, -0.05) is 51.6 Å². The van der Waals surface area contributed by atoms with E-state index in [0.29, 0.717) is 35.8 Å². The van der Waals surface area contributed by atoms with Crippen molar-refractivity contribution in [2.24, 2.45) is 5.92 Å². The highest BCUT2D eigenvalue weighted by molar-refractivity contribution is 7.99. The summed E-state index contributed by atoms with van der Waals surface area (Å²) in [5, 5.41) is 8.58. The van der Waals surface area contributed by atoms with Crippen LogP contribution in [-0.4, -0.2) is 39.7 Å². The molecule has 8 heteroatoms. The Morgan fingerprint density at radius 1 is 1.23 bits per heavy atom. The van der Waals surface area contributed by atoms with Crippen LogP contribution in [0.4, 0.5) is 5.95 Å². The number of carbonyl (C=O) groups excluding carboxylic acids is 1. The normalized spacial score (nSPS) is 15.6. The van der Waals surface area contributed by atoms with Gasteiger partial charge in [-0.3, -0.25) is 0 Å². The van der Waals surface area contributed by atoms with Crippen LogP contribution in [0.3, 0.4) is 0 Å². The molecule has 1 aromatic heterocycles. The molecular formula is C23H32N4O3S. The highest BCUT2D eigenvalue weighted by Gasteiger charge is 2.35. The zero-order chi connectivity index (χ0) is 22.4. The lowest BCUT2D eigenvalue weighted by Crippen LogP contribution is -2.29. The maximum atomic E-state index is 13.0. The molecule has 168 valence electrons. The Hall–Kier alpha value is -2.48. The minimum absolute atomic E-state index is 0.333. The number of allylic oxidation sites excluding steroid dienone is 1. The first-order valence-electron chi connectivity index (χ1n) is 10.9. The maximum Gasteiger partial charge on any atom is 0.338 e. The topological polar surface area (TPSA) is 78.3 Å². The second-order valence-electron chi connectivity index (χ2n) is 7.90. The third-order valence-electron chi connectivity index (χ3n) is 4.92. The molecule has 0 aliphatic carbocycles. The number of carbonyl (C=O) groups is 1. The number of nitrogens with one attached hydrogen (secondary N) is 1. The van der Waals surface area contributed by atoms with E-state index in [1.165, 1.54) is 0 Å². The van der Waals surface area contributed by atoms with Crippen LogP contribution >= 0.6 is 11.8 Å². The number of esters is 1. The first kappa shape index (κ1) is 23.2. The first-order valence-corrected chi connectivity index (χ1v) is 11.9. The predicted molar refractivity (Wildman–Crippen MR) is 124 cm³/mol. The molecule has 31 heavy (non-hydrogen) atoms. The maximum absolute atomic E-state index is 13.0. The fourth-order valence-electron chi connectivity index (χ4n) is 3.33. The molecule has 0 fully saturated rings. The van der Waals surface area contributed by atoms with Gasteiger partial charge >= 0.3 is 5.97 Å². The number of hydrogen-bond donors (Lipinski definition) is 1. The Balaban J connectivity index is 1.93. The van der Waals surface area contributed by atoms with E-state index < -0.39 is 6.04 Å². The van der Waals surface area contributed by atoms with Crippen molar-refractivity contribution in [3.05, 3.63) is 41.1 Å². The van der Waals surface area contributed by atoms with Gasteiger partial charge in [0.1, 0.15) is 11.8 Å². The monoisotopic (exact) mass is 444 g/mol. The summed E-state index contributed by atoms with van der Waals surface area (Å²) in [5.74, 6) is 2.58. The standard InChI is InChI=1S/C23H32N4O3S/c1-6-13-30-21(28)19-16(5)24-22-25-23(31-7-2)26-27(22)20(19)17-8-10-18(11-9-17)29-14-12-15(3)4/h8-11,15,20H,6-7,12-14H2,1-5H3,(H,24,25,26). The molecule has 1 aliphatic rings. The molecule has 1 N–H and O–H groups in total. The molecular weight excluding hydrogens is 412 g/mol. The van der Waals surface area contributed by atoms with Crippen LogP contribution in [-0.2, 0) is 9.53 Å². The molecule has 0 radical (unpaired) electrons. The largest absolute Gasteiger partial charge is 0.494 e. The number of nitrogens with zero attached hydrogens (tertiary/aromatic N) is 3. The van der Waals surface area contributed by atoms with E-state index in [2.05, 4.69) is 36.2 Å². The lowest BCUT2D eigenvalue weighted by molar-refractivity contribution is -0.139. The molecule has 1 aliphatic heterocycles. The Morgan fingerprint density at radius 2 is 1.97 bits per heavy atom. The van der Waals surface area contributed by atoms with Crippen molar-refractivity contribution in [1.29, 1.82) is 0 Å². The lowest BCUT2D eigenvalue weighted by atomic mass is 9.96. The van der Waals surface area contributed by atoms with Crippen molar-refractivity contribution < 1.29 is 14.3 Å². The smallest absolute Gasteiger partial charge is 0.338 e. The number of hydrogen-bond acceptors (Lipinski definition) is 7. The molecule has 0 saturated carbocycles. The zero-order valence-corrected chi connectivity index (χ0v) is 19.8. The van der Waals surface area contributed by atoms with Gasteiger partial charge in [-0.05, 0) is 49.1 Å². The summed E-state index contributed by atoms with van der Waals surface area (Å²) in [5.41, 5.74) is 2.21. The average molecular weight is 445 g/mol. The minimum Gasteiger partial charge on any atom is -0.494 e. The molecule has 1 aromatic carbocycles. The lowest BCUT2D eigenvalue weighted by Gasteiger charge is -2.28. The van der Waals surface area contributed by atoms with Gasteiger partial charge in [0.25, 0.3) is 0 Å². The van der Waals surface area contributed by atoms with Crippen LogP contribution in [0.5, 0.6) is 5.75 Å². The van der Waals surface area contributed by atoms with Crippen LogP contribution in [0.15, 0.2) is 40.7 Å². The number of ether oxygens (including phenoxy) is 2. The van der Waals surface area contributed by atoms with Crippen molar-refractivity contribution in [3.63, 3.8) is 0 Å². The number of anilines is 1. The number of thioether (sulfide) groups is 1. The Bertz CT molecular complexity index is 921. The molecule has 2 heterocycles. The molecule has 2 aromatic rings. The highest BCUT2D eigenvalue weighted by Crippen LogP contribution is 2.37. The molecule has 0 spiro atoms. The van der Waals surface area contributed by atoms with Gasteiger partial charge in [0, 0.05) is 5.70 Å². The summed E-state index contributed by atoms with van der Waals surface area (Å²) in [6, 6.07) is 7.45. The minimum atomic E-state index is -0.413. The number of aromatic nitrogens is 3. The summed E-state index contributed by atoms with van der Waals surface area (Å²) in [6.45, 7) is 11.3. The fourth-order valence-corrected chi connectivity index (χ4v) is 3.88. The Morgan fingerprint density at radius 3 is 2.61 bits per heavy atom. The van der Waals surface area contributed by atoms with Crippen LogP contribution in [0.2, 0.25) is 0 Å². The summed E-state index contributed by atoms with van der Waals surface area (Å²) in [7, 11) is 0. The zero-order valence-electron chi connectivity index (χ0n) is 19.0. The second kappa shape index (κ2) is 10.7. The van der Waals surface area contributed by atoms with E-state index in [0.717, 1.165) is 35.6 Å². The quantitative estimate of drug-likeness (QED) is 0.405. The Kier molecular flexibility index (Phi) is 8.01. The Labute approximate surface area is 188 Å². The van der Waals surface area contributed by atoms with Crippen LogP contribution in [0.1, 0.15) is 59.1 Å². The van der Waals surface area contributed by atoms with Gasteiger partial charge in [0.2, 0.25) is 11.1 Å². The molecule has 0 amide bonds. The van der Waals surface area contributed by atoms with E-state index in [9.17, 15) is 4.79 Å². The van der Waals surface area contributed by atoms with Gasteiger partial charge < -0.3 is 14.8 Å². The third-order valence-corrected chi connectivity index (χ3v) is 5.64. The second-order valence-corrected chi connectivity index (χ2v) is 9.13. The molecule has 0 bridgehead atoms. The molecule has 1 atom stereocenters. The van der Waals surface area contributed by atoms with Gasteiger partial charge in [0.05, 0.1) is 18.8 Å². The van der Waals surface area contributed by atoms with Gasteiger partial charge in [-0.15, -0.1) is 5.10 Å². The molecule has 3 rings (SSSR count). The van der Waals surface area contributed by atoms with Crippen molar-refractivity contribution in [2.75, 3.05) is 24.3 Å². The van der Waals surface area contributed by atoms with Crippen molar-refractivity contribution in [2.45, 2.75) is 58.7 Å². The van der Waals surface area contributed by atoms with Crippen molar-refractivity contribution in [1.82, 2.24) is 14.8 Å².